The molecule has 1 N–H and O–H groups in total. The first kappa shape index (κ1) is 16.3. The molecule has 0 aliphatic carbocycles. The van der Waals surface area contributed by atoms with Gasteiger partial charge in [-0.1, -0.05) is 31.5 Å². The summed E-state index contributed by atoms with van der Waals surface area (Å²) in [5, 5.41) is 3.56. The summed E-state index contributed by atoms with van der Waals surface area (Å²) in [5.74, 6) is 0.587. The fourth-order valence-electron chi connectivity index (χ4n) is 1.89. The van der Waals surface area contributed by atoms with Gasteiger partial charge in [0.25, 0.3) is 5.91 Å². The SMILES string of the molecule is Cc1ccc(Cl)cc1C(=O)NCC(C)(C)CCCCl. The molecule has 1 rings (SSSR count). The summed E-state index contributed by atoms with van der Waals surface area (Å²) in [6.45, 7) is 6.80. The molecule has 0 aliphatic rings. The van der Waals surface area contributed by atoms with Crippen molar-refractivity contribution in [1.29, 1.82) is 0 Å². The highest BCUT2D eigenvalue weighted by Crippen LogP contribution is 2.22. The first-order chi connectivity index (χ1) is 8.85. The Morgan fingerprint density at radius 2 is 2.05 bits per heavy atom. The quantitative estimate of drug-likeness (QED) is 0.774. The fourth-order valence-corrected chi connectivity index (χ4v) is 2.19. The van der Waals surface area contributed by atoms with Crippen molar-refractivity contribution in [3.63, 3.8) is 0 Å². The molecular weight excluding hydrogens is 281 g/mol. The van der Waals surface area contributed by atoms with E-state index in [1.54, 1.807) is 12.1 Å². The van der Waals surface area contributed by atoms with Crippen LogP contribution in [0.5, 0.6) is 0 Å². The predicted octanol–water partition coefficient (Wildman–Crippen LogP) is 4.42. The zero-order valence-corrected chi connectivity index (χ0v) is 13.2. The van der Waals surface area contributed by atoms with Gasteiger partial charge in [0.2, 0.25) is 0 Å². The number of carbonyl (C=O) groups excluding carboxylic acids is 1. The maximum absolute atomic E-state index is 12.1. The number of nitrogens with one attached hydrogen (secondary N) is 1. The minimum absolute atomic E-state index is 0.0526. The van der Waals surface area contributed by atoms with E-state index in [9.17, 15) is 4.79 Å². The molecule has 1 aromatic carbocycles. The third kappa shape index (κ3) is 5.42. The van der Waals surface area contributed by atoms with Crippen molar-refractivity contribution in [3.05, 3.63) is 34.3 Å². The van der Waals surface area contributed by atoms with E-state index >= 15 is 0 Å². The molecular formula is C15H21Cl2NO. The van der Waals surface area contributed by atoms with E-state index in [2.05, 4.69) is 19.2 Å². The molecule has 0 heterocycles. The molecule has 0 unspecified atom stereocenters. The summed E-state index contributed by atoms with van der Waals surface area (Å²) < 4.78 is 0. The Morgan fingerprint density at radius 1 is 1.37 bits per heavy atom. The van der Waals surface area contributed by atoms with Gasteiger partial charge in [-0.15, -0.1) is 11.6 Å². The van der Waals surface area contributed by atoms with Crippen molar-refractivity contribution in [2.75, 3.05) is 12.4 Å². The molecule has 0 atom stereocenters. The van der Waals surface area contributed by atoms with Gasteiger partial charge in [-0.3, -0.25) is 4.79 Å². The number of rotatable bonds is 6. The van der Waals surface area contributed by atoms with E-state index in [1.807, 2.05) is 13.0 Å². The zero-order chi connectivity index (χ0) is 14.5. The molecule has 2 nitrogen and oxygen atoms in total. The van der Waals surface area contributed by atoms with Crippen LogP contribution in [-0.4, -0.2) is 18.3 Å². The number of carbonyl (C=O) groups is 1. The van der Waals surface area contributed by atoms with E-state index in [-0.39, 0.29) is 11.3 Å². The molecule has 1 amide bonds. The summed E-state index contributed by atoms with van der Waals surface area (Å²) in [4.78, 5) is 12.1. The summed E-state index contributed by atoms with van der Waals surface area (Å²) >= 11 is 11.6. The normalized spacial score (nSPS) is 11.4. The van der Waals surface area contributed by atoms with Crippen molar-refractivity contribution in [2.45, 2.75) is 33.6 Å². The molecule has 0 radical (unpaired) electrons. The lowest BCUT2D eigenvalue weighted by molar-refractivity contribution is 0.0934. The maximum atomic E-state index is 12.1. The molecule has 0 spiro atoms. The first-order valence-electron chi connectivity index (χ1n) is 6.46. The van der Waals surface area contributed by atoms with Crippen LogP contribution in [-0.2, 0) is 0 Å². The van der Waals surface area contributed by atoms with Crippen LogP contribution in [0.1, 0.15) is 42.6 Å². The number of alkyl halides is 1. The number of amides is 1. The Bertz CT molecular complexity index is 444. The second-order valence-corrected chi connectivity index (χ2v) is 6.41. The monoisotopic (exact) mass is 301 g/mol. The summed E-state index contributed by atoms with van der Waals surface area (Å²) in [6, 6.07) is 5.35. The standard InChI is InChI=1S/C15H21Cl2NO/c1-11-5-6-12(17)9-13(11)14(19)18-10-15(2,3)7-4-8-16/h5-6,9H,4,7-8,10H2,1-3H3,(H,18,19). The van der Waals surface area contributed by atoms with E-state index in [0.29, 0.717) is 23.0 Å². The number of hydrogen-bond donors (Lipinski definition) is 1. The molecule has 0 saturated carbocycles. The number of benzene rings is 1. The molecule has 0 aliphatic heterocycles. The molecule has 0 saturated heterocycles. The smallest absolute Gasteiger partial charge is 0.251 e. The van der Waals surface area contributed by atoms with Crippen molar-refractivity contribution in [1.82, 2.24) is 5.32 Å². The molecule has 0 fully saturated rings. The van der Waals surface area contributed by atoms with Crippen LogP contribution in [0.4, 0.5) is 0 Å². The van der Waals surface area contributed by atoms with Crippen LogP contribution in [0.25, 0.3) is 0 Å². The van der Waals surface area contributed by atoms with E-state index in [1.165, 1.54) is 0 Å². The third-order valence-electron chi connectivity index (χ3n) is 3.16. The molecule has 0 aromatic heterocycles. The van der Waals surface area contributed by atoms with Crippen molar-refractivity contribution < 1.29 is 4.79 Å². The molecule has 1 aromatic rings. The second kappa shape index (κ2) is 7.16. The van der Waals surface area contributed by atoms with Gasteiger partial charge >= 0.3 is 0 Å². The van der Waals surface area contributed by atoms with E-state index in [4.69, 9.17) is 23.2 Å². The Morgan fingerprint density at radius 3 is 2.68 bits per heavy atom. The minimum Gasteiger partial charge on any atom is -0.351 e. The molecule has 0 bridgehead atoms. The summed E-state index contributed by atoms with van der Waals surface area (Å²) in [6.07, 6.45) is 1.95. The van der Waals surface area contributed by atoms with Gasteiger partial charge in [0.1, 0.15) is 0 Å². The topological polar surface area (TPSA) is 29.1 Å². The molecule has 106 valence electrons. The van der Waals surface area contributed by atoms with Crippen molar-refractivity contribution in [2.24, 2.45) is 5.41 Å². The summed E-state index contributed by atoms with van der Waals surface area (Å²) in [7, 11) is 0. The number of halogens is 2. The van der Waals surface area contributed by atoms with Gasteiger partial charge < -0.3 is 5.32 Å². The van der Waals surface area contributed by atoms with Gasteiger partial charge in [0, 0.05) is 23.0 Å². The number of aryl methyl sites for hydroxylation is 1. The van der Waals surface area contributed by atoms with Gasteiger partial charge in [-0.25, -0.2) is 0 Å². The number of hydrogen-bond acceptors (Lipinski definition) is 1. The highest BCUT2D eigenvalue weighted by Gasteiger charge is 2.19. The molecule has 4 heteroatoms. The van der Waals surface area contributed by atoms with Crippen molar-refractivity contribution in [3.8, 4) is 0 Å². The van der Waals surface area contributed by atoms with Crippen LogP contribution in [0, 0.1) is 12.3 Å². The highest BCUT2D eigenvalue weighted by atomic mass is 35.5. The summed E-state index contributed by atoms with van der Waals surface area (Å²) in [5.41, 5.74) is 1.62. The average molecular weight is 302 g/mol. The van der Waals surface area contributed by atoms with Gasteiger partial charge in [-0.05, 0) is 42.9 Å². The van der Waals surface area contributed by atoms with Crippen LogP contribution >= 0.6 is 23.2 Å². The van der Waals surface area contributed by atoms with E-state index < -0.39 is 0 Å². The van der Waals surface area contributed by atoms with E-state index in [0.717, 1.165) is 18.4 Å². The van der Waals surface area contributed by atoms with Crippen LogP contribution in [0.3, 0.4) is 0 Å². The van der Waals surface area contributed by atoms with Gasteiger partial charge in [0.05, 0.1) is 0 Å². The Hall–Kier alpha value is -0.730. The third-order valence-corrected chi connectivity index (χ3v) is 3.66. The zero-order valence-electron chi connectivity index (χ0n) is 11.7. The maximum Gasteiger partial charge on any atom is 0.251 e. The highest BCUT2D eigenvalue weighted by molar-refractivity contribution is 6.31. The lowest BCUT2D eigenvalue weighted by Crippen LogP contribution is -2.34. The fraction of sp³-hybridized carbons (Fsp3) is 0.533. The lowest BCUT2D eigenvalue weighted by atomic mass is 9.88. The Labute approximate surface area is 125 Å². The Kier molecular flexibility index (Phi) is 6.15. The van der Waals surface area contributed by atoms with Crippen LogP contribution in [0.2, 0.25) is 5.02 Å². The van der Waals surface area contributed by atoms with Gasteiger partial charge in [-0.2, -0.15) is 0 Å². The Balaban J connectivity index is 2.62. The minimum atomic E-state index is -0.0704. The van der Waals surface area contributed by atoms with Gasteiger partial charge in [0.15, 0.2) is 0 Å². The first-order valence-corrected chi connectivity index (χ1v) is 7.37. The van der Waals surface area contributed by atoms with Crippen molar-refractivity contribution >= 4 is 29.1 Å². The largest absolute Gasteiger partial charge is 0.351 e. The predicted molar refractivity (Wildman–Crippen MR) is 82.3 cm³/mol. The molecule has 19 heavy (non-hydrogen) atoms. The second-order valence-electron chi connectivity index (χ2n) is 5.60. The van der Waals surface area contributed by atoms with Crippen LogP contribution in [0.15, 0.2) is 18.2 Å². The average Bonchev–Trinajstić information content (AvgIpc) is 2.36. The van der Waals surface area contributed by atoms with Crippen LogP contribution < -0.4 is 5.32 Å². The lowest BCUT2D eigenvalue weighted by Gasteiger charge is -2.24.